The maximum Gasteiger partial charge on any atom is 0.157 e. The topological polar surface area (TPSA) is 42.2 Å². The molecule has 0 atom stereocenters. The van der Waals surface area contributed by atoms with E-state index in [1.807, 2.05) is 10.7 Å². The second-order valence-electron chi connectivity index (χ2n) is 7.79. The van der Waals surface area contributed by atoms with E-state index in [9.17, 15) is 0 Å². The number of hydrogen-bond acceptors (Lipinski definition) is 3. The molecular formula is C20H26N4. The standard InChI is InChI=1S/C20H26N4/c1-2-14-13-16-18(20(14)10-5-6-11-20)23-17-9-12-21-24(17)19(16)22-15-7-3-4-8-15/h2,9,12,15,22H,3-8,10-11,13H2,1H3/b14-2+. The summed E-state index contributed by atoms with van der Waals surface area (Å²) in [5, 5.41) is 8.43. The van der Waals surface area contributed by atoms with Crippen molar-refractivity contribution in [2.45, 2.75) is 76.2 Å². The van der Waals surface area contributed by atoms with Gasteiger partial charge in [0, 0.05) is 23.1 Å². The first-order valence-corrected chi connectivity index (χ1v) is 9.61. The van der Waals surface area contributed by atoms with Crippen LogP contribution in [0.5, 0.6) is 0 Å². The lowest BCUT2D eigenvalue weighted by atomic mass is 9.79. The van der Waals surface area contributed by atoms with Crippen molar-refractivity contribution < 1.29 is 0 Å². The molecule has 5 rings (SSSR count). The largest absolute Gasteiger partial charge is 0.367 e. The number of rotatable bonds is 2. The van der Waals surface area contributed by atoms with Gasteiger partial charge >= 0.3 is 0 Å². The fraction of sp³-hybridized carbons (Fsp3) is 0.600. The molecule has 4 nitrogen and oxygen atoms in total. The summed E-state index contributed by atoms with van der Waals surface area (Å²) in [7, 11) is 0. The van der Waals surface area contributed by atoms with Gasteiger partial charge in [0.1, 0.15) is 5.82 Å². The van der Waals surface area contributed by atoms with Gasteiger partial charge in [0.05, 0.1) is 11.9 Å². The average Bonchev–Trinajstić information content (AvgIpc) is 3.36. The number of aromatic nitrogens is 3. The summed E-state index contributed by atoms with van der Waals surface area (Å²) in [6, 6.07) is 2.65. The third-order valence-corrected chi connectivity index (χ3v) is 6.57. The molecule has 126 valence electrons. The van der Waals surface area contributed by atoms with Crippen LogP contribution >= 0.6 is 0 Å². The first-order valence-electron chi connectivity index (χ1n) is 9.61. The van der Waals surface area contributed by atoms with E-state index in [0.717, 1.165) is 12.1 Å². The number of nitrogens with one attached hydrogen (secondary N) is 1. The summed E-state index contributed by atoms with van der Waals surface area (Å²) >= 11 is 0. The van der Waals surface area contributed by atoms with Crippen molar-refractivity contribution in [1.29, 1.82) is 0 Å². The highest BCUT2D eigenvalue weighted by molar-refractivity contribution is 5.64. The fourth-order valence-corrected chi connectivity index (χ4v) is 5.38. The lowest BCUT2D eigenvalue weighted by molar-refractivity contribution is 0.522. The maximum absolute atomic E-state index is 5.10. The Morgan fingerprint density at radius 2 is 2.00 bits per heavy atom. The quantitative estimate of drug-likeness (QED) is 0.833. The van der Waals surface area contributed by atoms with Crippen LogP contribution in [-0.4, -0.2) is 20.6 Å². The molecule has 0 radical (unpaired) electrons. The monoisotopic (exact) mass is 322 g/mol. The van der Waals surface area contributed by atoms with Gasteiger partial charge in [0.25, 0.3) is 0 Å². The van der Waals surface area contributed by atoms with Crippen LogP contribution in [0, 0.1) is 0 Å². The van der Waals surface area contributed by atoms with E-state index in [1.165, 1.54) is 68.4 Å². The number of allylic oxidation sites excluding steroid dienone is 2. The highest BCUT2D eigenvalue weighted by Gasteiger charge is 2.47. The first-order chi connectivity index (χ1) is 11.8. The minimum Gasteiger partial charge on any atom is -0.367 e. The molecule has 2 heterocycles. The molecule has 0 aromatic carbocycles. The van der Waals surface area contributed by atoms with Crippen molar-refractivity contribution in [3.8, 4) is 0 Å². The lowest BCUT2D eigenvalue weighted by Gasteiger charge is -2.26. The molecule has 2 aromatic rings. The molecule has 0 unspecified atom stereocenters. The number of anilines is 1. The van der Waals surface area contributed by atoms with E-state index in [0.29, 0.717) is 6.04 Å². The molecule has 4 heteroatoms. The van der Waals surface area contributed by atoms with E-state index < -0.39 is 0 Å². The zero-order chi connectivity index (χ0) is 16.1. The lowest BCUT2D eigenvalue weighted by Crippen LogP contribution is -2.24. The molecule has 1 spiro atoms. The van der Waals surface area contributed by atoms with E-state index >= 15 is 0 Å². The molecule has 24 heavy (non-hydrogen) atoms. The van der Waals surface area contributed by atoms with Gasteiger partial charge in [-0.15, -0.1) is 0 Å². The Hall–Kier alpha value is -1.84. The normalized spacial score (nSPS) is 24.5. The van der Waals surface area contributed by atoms with Gasteiger partial charge in [-0.2, -0.15) is 9.61 Å². The molecule has 0 bridgehead atoms. The Bertz CT molecular complexity index is 804. The van der Waals surface area contributed by atoms with Crippen molar-refractivity contribution in [1.82, 2.24) is 14.6 Å². The Balaban J connectivity index is 1.70. The fourth-order valence-electron chi connectivity index (χ4n) is 5.38. The Morgan fingerprint density at radius 1 is 1.21 bits per heavy atom. The molecule has 0 aliphatic heterocycles. The van der Waals surface area contributed by atoms with Crippen molar-refractivity contribution >= 4 is 11.5 Å². The SMILES string of the molecule is C/C=C1\Cc2c(nc3ccnn3c2NC2CCCC2)C12CCCC2. The van der Waals surface area contributed by atoms with E-state index in [1.54, 1.807) is 5.57 Å². The van der Waals surface area contributed by atoms with Gasteiger partial charge in [-0.3, -0.25) is 0 Å². The second kappa shape index (κ2) is 5.33. The van der Waals surface area contributed by atoms with Crippen LogP contribution < -0.4 is 5.32 Å². The summed E-state index contributed by atoms with van der Waals surface area (Å²) in [5.41, 5.74) is 5.56. The van der Waals surface area contributed by atoms with Crippen LogP contribution in [0.4, 0.5) is 5.82 Å². The molecule has 1 N–H and O–H groups in total. The van der Waals surface area contributed by atoms with E-state index in [-0.39, 0.29) is 5.41 Å². The molecule has 3 aliphatic rings. The van der Waals surface area contributed by atoms with Crippen molar-refractivity contribution in [3.05, 3.63) is 35.2 Å². The Morgan fingerprint density at radius 3 is 2.75 bits per heavy atom. The van der Waals surface area contributed by atoms with Crippen LogP contribution in [-0.2, 0) is 11.8 Å². The van der Waals surface area contributed by atoms with Gasteiger partial charge in [0.2, 0.25) is 0 Å². The minimum atomic E-state index is 0.211. The average molecular weight is 322 g/mol. The van der Waals surface area contributed by atoms with Crippen molar-refractivity contribution in [3.63, 3.8) is 0 Å². The molecule has 2 fully saturated rings. The Labute approximate surface area is 143 Å². The molecule has 0 amide bonds. The van der Waals surface area contributed by atoms with Crippen LogP contribution in [0.1, 0.15) is 69.5 Å². The van der Waals surface area contributed by atoms with Crippen LogP contribution in [0.15, 0.2) is 23.9 Å². The van der Waals surface area contributed by atoms with Crippen LogP contribution in [0.25, 0.3) is 5.65 Å². The van der Waals surface area contributed by atoms with Crippen molar-refractivity contribution in [2.24, 2.45) is 0 Å². The summed E-state index contributed by atoms with van der Waals surface area (Å²) < 4.78 is 2.04. The van der Waals surface area contributed by atoms with Gasteiger partial charge in [0.15, 0.2) is 5.65 Å². The highest BCUT2D eigenvalue weighted by atomic mass is 15.3. The highest BCUT2D eigenvalue weighted by Crippen LogP contribution is 2.54. The second-order valence-corrected chi connectivity index (χ2v) is 7.79. The van der Waals surface area contributed by atoms with Gasteiger partial charge in [-0.1, -0.05) is 37.3 Å². The van der Waals surface area contributed by atoms with Gasteiger partial charge < -0.3 is 5.32 Å². The number of fused-ring (bicyclic) bond motifs is 3. The van der Waals surface area contributed by atoms with E-state index in [2.05, 4.69) is 29.5 Å². The van der Waals surface area contributed by atoms with Gasteiger partial charge in [-0.25, -0.2) is 4.98 Å². The summed E-state index contributed by atoms with van der Waals surface area (Å²) in [6.45, 7) is 2.20. The summed E-state index contributed by atoms with van der Waals surface area (Å²) in [5.74, 6) is 1.22. The van der Waals surface area contributed by atoms with Gasteiger partial charge in [-0.05, 0) is 39.0 Å². The van der Waals surface area contributed by atoms with Crippen LogP contribution in [0.3, 0.4) is 0 Å². The molecule has 2 aromatic heterocycles. The zero-order valence-corrected chi connectivity index (χ0v) is 14.5. The first kappa shape index (κ1) is 14.5. The van der Waals surface area contributed by atoms with Crippen LogP contribution in [0.2, 0.25) is 0 Å². The third-order valence-electron chi connectivity index (χ3n) is 6.57. The van der Waals surface area contributed by atoms with Crippen molar-refractivity contribution in [2.75, 3.05) is 5.32 Å². The maximum atomic E-state index is 5.10. The summed E-state index contributed by atoms with van der Waals surface area (Å²) in [4.78, 5) is 5.10. The molecule has 2 saturated carbocycles. The third kappa shape index (κ3) is 1.92. The predicted octanol–water partition coefficient (Wildman–Crippen LogP) is 4.40. The smallest absolute Gasteiger partial charge is 0.157 e. The van der Waals surface area contributed by atoms with E-state index in [4.69, 9.17) is 4.98 Å². The predicted molar refractivity (Wildman–Crippen MR) is 96.5 cm³/mol. The summed E-state index contributed by atoms with van der Waals surface area (Å²) in [6.07, 6.45) is 15.7. The molecule has 0 saturated heterocycles. The minimum absolute atomic E-state index is 0.211. The molecule has 3 aliphatic carbocycles. The number of nitrogens with zero attached hydrogens (tertiary/aromatic N) is 3. The molecular weight excluding hydrogens is 296 g/mol. The number of hydrogen-bond donors (Lipinski definition) is 1. The Kier molecular flexibility index (Phi) is 3.22. The zero-order valence-electron chi connectivity index (χ0n) is 14.5.